The van der Waals surface area contributed by atoms with Gasteiger partial charge in [-0.05, 0) is 20.9 Å². The van der Waals surface area contributed by atoms with E-state index in [4.69, 9.17) is 5.26 Å². The molecule has 0 N–H and O–H groups in total. The van der Waals surface area contributed by atoms with Crippen molar-refractivity contribution >= 4 is 6.29 Å². The molecule has 0 aromatic carbocycles. The van der Waals surface area contributed by atoms with Crippen LogP contribution in [0.5, 0.6) is 0 Å². The van der Waals surface area contributed by atoms with E-state index in [9.17, 15) is 4.79 Å². The van der Waals surface area contributed by atoms with Gasteiger partial charge in [-0.25, -0.2) is 0 Å². The lowest BCUT2D eigenvalue weighted by Crippen LogP contribution is -2.42. The van der Waals surface area contributed by atoms with Gasteiger partial charge in [-0.2, -0.15) is 5.26 Å². The zero-order chi connectivity index (χ0) is 8.91. The molecule has 0 aliphatic carbocycles. The fraction of sp³-hybridized carbons (Fsp3) is 0.750. The van der Waals surface area contributed by atoms with Crippen LogP contribution in [-0.2, 0) is 4.79 Å². The Morgan fingerprint density at radius 1 is 1.64 bits per heavy atom. The van der Waals surface area contributed by atoms with E-state index in [1.165, 1.54) is 0 Å². The van der Waals surface area contributed by atoms with E-state index in [-0.39, 0.29) is 0 Å². The quantitative estimate of drug-likeness (QED) is 0.563. The van der Waals surface area contributed by atoms with Gasteiger partial charge in [-0.1, -0.05) is 0 Å². The standard InChI is InChI=1S/C8H14N2O/c1-8(2,7-11)10(3)6-4-5-9/h7H,4,6H2,1-3H3. The SMILES string of the molecule is CN(CCC#N)C(C)(C)C=O. The highest BCUT2D eigenvalue weighted by atomic mass is 16.1. The molecule has 0 rings (SSSR count). The molecular weight excluding hydrogens is 140 g/mol. The van der Waals surface area contributed by atoms with Crippen molar-refractivity contribution in [2.45, 2.75) is 25.8 Å². The van der Waals surface area contributed by atoms with Crippen molar-refractivity contribution in [2.24, 2.45) is 0 Å². The van der Waals surface area contributed by atoms with Crippen molar-refractivity contribution in [1.29, 1.82) is 5.26 Å². The van der Waals surface area contributed by atoms with Crippen LogP contribution in [0, 0.1) is 11.3 Å². The molecule has 0 aromatic rings. The van der Waals surface area contributed by atoms with Gasteiger partial charge in [0.25, 0.3) is 0 Å². The molecule has 0 spiro atoms. The number of nitrogens with zero attached hydrogens (tertiary/aromatic N) is 2. The molecule has 0 bridgehead atoms. The molecule has 3 nitrogen and oxygen atoms in total. The number of carbonyl (C=O) groups excluding carboxylic acids is 1. The van der Waals surface area contributed by atoms with Gasteiger partial charge in [0.15, 0.2) is 0 Å². The first-order valence-corrected chi connectivity index (χ1v) is 3.59. The maximum Gasteiger partial charge on any atom is 0.139 e. The lowest BCUT2D eigenvalue weighted by Gasteiger charge is -2.29. The Labute approximate surface area is 67.6 Å². The third-order valence-electron chi connectivity index (χ3n) is 1.83. The molecule has 11 heavy (non-hydrogen) atoms. The minimum atomic E-state index is -0.448. The molecule has 0 aliphatic rings. The van der Waals surface area contributed by atoms with Gasteiger partial charge < -0.3 is 4.79 Å². The summed E-state index contributed by atoms with van der Waals surface area (Å²) in [6.45, 7) is 4.30. The topological polar surface area (TPSA) is 44.1 Å². The predicted molar refractivity (Wildman–Crippen MR) is 43.0 cm³/mol. The van der Waals surface area contributed by atoms with Crippen LogP contribution in [0.2, 0.25) is 0 Å². The number of likely N-dealkylation sites (N-methyl/N-ethyl adjacent to an activating group) is 1. The molecule has 0 fully saturated rings. The molecule has 0 atom stereocenters. The summed E-state index contributed by atoms with van der Waals surface area (Å²) in [5, 5.41) is 8.29. The molecule has 62 valence electrons. The average molecular weight is 154 g/mol. The minimum Gasteiger partial charge on any atom is -0.301 e. The maximum absolute atomic E-state index is 10.5. The van der Waals surface area contributed by atoms with Crippen LogP contribution in [0.4, 0.5) is 0 Å². The second kappa shape index (κ2) is 4.09. The third kappa shape index (κ3) is 3.15. The molecule has 0 aliphatic heterocycles. The van der Waals surface area contributed by atoms with Gasteiger partial charge in [0.1, 0.15) is 6.29 Å². The lowest BCUT2D eigenvalue weighted by molar-refractivity contribution is -0.116. The van der Waals surface area contributed by atoms with Crippen LogP contribution in [0.1, 0.15) is 20.3 Å². The Kier molecular flexibility index (Phi) is 3.77. The van der Waals surface area contributed by atoms with E-state index in [1.54, 1.807) is 0 Å². The summed E-state index contributed by atoms with van der Waals surface area (Å²) in [5.74, 6) is 0. The first-order chi connectivity index (χ1) is 5.04. The summed E-state index contributed by atoms with van der Waals surface area (Å²) in [6.07, 6.45) is 1.36. The summed E-state index contributed by atoms with van der Waals surface area (Å²) in [4.78, 5) is 12.4. The van der Waals surface area contributed by atoms with Crippen LogP contribution >= 0.6 is 0 Å². The summed E-state index contributed by atoms with van der Waals surface area (Å²) < 4.78 is 0. The third-order valence-corrected chi connectivity index (χ3v) is 1.83. The van der Waals surface area contributed by atoms with E-state index >= 15 is 0 Å². The second-order valence-corrected chi connectivity index (χ2v) is 3.10. The Balaban J connectivity index is 3.92. The van der Waals surface area contributed by atoms with Gasteiger partial charge in [0.2, 0.25) is 0 Å². The van der Waals surface area contributed by atoms with Crippen LogP contribution in [0.3, 0.4) is 0 Å². The molecule has 0 amide bonds. The highest BCUT2D eigenvalue weighted by Crippen LogP contribution is 2.07. The van der Waals surface area contributed by atoms with Gasteiger partial charge in [-0.15, -0.1) is 0 Å². The Morgan fingerprint density at radius 3 is 2.55 bits per heavy atom. The monoisotopic (exact) mass is 154 g/mol. The van der Waals surface area contributed by atoms with Gasteiger partial charge in [0.05, 0.1) is 11.6 Å². The number of hydrogen-bond donors (Lipinski definition) is 0. The van der Waals surface area contributed by atoms with Crippen molar-refractivity contribution in [3.8, 4) is 6.07 Å². The molecule has 0 unspecified atom stereocenters. The number of rotatable bonds is 4. The molecule has 0 saturated heterocycles. The Bertz CT molecular complexity index is 169. The molecule has 0 heterocycles. The number of carbonyl (C=O) groups is 1. The van der Waals surface area contributed by atoms with Crippen molar-refractivity contribution in [3.05, 3.63) is 0 Å². The minimum absolute atomic E-state index is 0.448. The first kappa shape index (κ1) is 10.1. The zero-order valence-electron chi connectivity index (χ0n) is 7.29. The van der Waals surface area contributed by atoms with Crippen LogP contribution in [-0.4, -0.2) is 30.3 Å². The predicted octanol–water partition coefficient (Wildman–Crippen LogP) is 0.809. The normalized spacial score (nSPS) is 11.2. The molecule has 0 saturated carbocycles. The first-order valence-electron chi connectivity index (χ1n) is 3.59. The van der Waals surface area contributed by atoms with Gasteiger partial charge in [-0.3, -0.25) is 4.90 Å². The molecular formula is C8H14N2O. The summed E-state index contributed by atoms with van der Waals surface area (Å²) in [6, 6.07) is 2.04. The van der Waals surface area contributed by atoms with Crippen molar-refractivity contribution in [1.82, 2.24) is 4.90 Å². The summed E-state index contributed by atoms with van der Waals surface area (Å²) >= 11 is 0. The Morgan fingerprint density at radius 2 is 2.18 bits per heavy atom. The summed E-state index contributed by atoms with van der Waals surface area (Å²) in [5.41, 5.74) is -0.448. The van der Waals surface area contributed by atoms with E-state index in [0.717, 1.165) is 6.29 Å². The number of hydrogen-bond acceptors (Lipinski definition) is 3. The smallest absolute Gasteiger partial charge is 0.139 e. The van der Waals surface area contributed by atoms with Crippen molar-refractivity contribution < 1.29 is 4.79 Å². The molecule has 0 aromatic heterocycles. The zero-order valence-corrected chi connectivity index (χ0v) is 7.29. The average Bonchev–Trinajstić information content (AvgIpc) is 2.00. The largest absolute Gasteiger partial charge is 0.301 e. The highest BCUT2D eigenvalue weighted by molar-refractivity contribution is 5.62. The fourth-order valence-electron chi connectivity index (χ4n) is 0.596. The van der Waals surface area contributed by atoms with E-state index in [0.29, 0.717) is 13.0 Å². The van der Waals surface area contributed by atoms with Crippen LogP contribution in [0.25, 0.3) is 0 Å². The second-order valence-electron chi connectivity index (χ2n) is 3.10. The van der Waals surface area contributed by atoms with E-state index in [1.807, 2.05) is 31.9 Å². The van der Waals surface area contributed by atoms with Gasteiger partial charge in [0, 0.05) is 13.0 Å². The maximum atomic E-state index is 10.5. The molecule has 3 heteroatoms. The van der Waals surface area contributed by atoms with E-state index < -0.39 is 5.54 Å². The number of nitriles is 1. The highest BCUT2D eigenvalue weighted by Gasteiger charge is 2.21. The van der Waals surface area contributed by atoms with E-state index in [2.05, 4.69) is 0 Å². The molecule has 0 radical (unpaired) electrons. The number of aldehydes is 1. The summed E-state index contributed by atoms with van der Waals surface area (Å²) in [7, 11) is 1.84. The lowest BCUT2D eigenvalue weighted by atomic mass is 10.1. The van der Waals surface area contributed by atoms with Crippen LogP contribution in [0.15, 0.2) is 0 Å². The Hall–Kier alpha value is -0.880. The van der Waals surface area contributed by atoms with Crippen molar-refractivity contribution in [3.63, 3.8) is 0 Å². The fourth-order valence-corrected chi connectivity index (χ4v) is 0.596. The van der Waals surface area contributed by atoms with Gasteiger partial charge >= 0.3 is 0 Å². The van der Waals surface area contributed by atoms with Crippen LogP contribution < -0.4 is 0 Å². The van der Waals surface area contributed by atoms with Crippen molar-refractivity contribution in [2.75, 3.05) is 13.6 Å².